The van der Waals surface area contributed by atoms with Crippen LogP contribution < -0.4 is 15.6 Å². The minimum Gasteiger partial charge on any atom is -0.481 e. The number of benzene rings is 3. The Hall–Kier alpha value is -3.38. The second kappa shape index (κ2) is 9.01. The third-order valence-corrected chi connectivity index (χ3v) is 4.26. The van der Waals surface area contributed by atoms with E-state index in [0.717, 1.165) is 16.3 Å². The molecule has 6 heteroatoms. The van der Waals surface area contributed by atoms with Crippen molar-refractivity contribution in [2.75, 3.05) is 7.11 Å². The topological polar surface area (TPSA) is 76.7 Å². The lowest BCUT2D eigenvalue weighted by atomic mass is 10.1. The Bertz CT molecular complexity index is 987. The molecule has 1 unspecified atom stereocenters. The maximum absolute atomic E-state index is 12.3. The molecule has 0 aliphatic heterocycles. The molecule has 0 aromatic heterocycles. The summed E-state index contributed by atoms with van der Waals surface area (Å²) in [5, 5.41) is 2.12. The number of nitrogens with one attached hydrogen (secondary N) is 2. The normalized spacial score (nSPS) is 11.6. The van der Waals surface area contributed by atoms with Crippen LogP contribution in [0.4, 0.5) is 0 Å². The third kappa shape index (κ3) is 4.66. The van der Waals surface area contributed by atoms with Crippen LogP contribution in [0.3, 0.4) is 0 Å². The van der Waals surface area contributed by atoms with Gasteiger partial charge < -0.3 is 9.47 Å². The minimum atomic E-state index is -0.782. The second-order valence-corrected chi connectivity index (χ2v) is 6.30. The van der Waals surface area contributed by atoms with Crippen molar-refractivity contribution < 1.29 is 19.1 Å². The molecule has 0 saturated carbocycles. The summed E-state index contributed by atoms with van der Waals surface area (Å²) < 4.78 is 10.8. The third-order valence-electron chi connectivity index (χ3n) is 4.26. The number of hydrogen-bond donors (Lipinski definition) is 2. The van der Waals surface area contributed by atoms with Crippen LogP contribution in [0.15, 0.2) is 66.7 Å². The van der Waals surface area contributed by atoms with Gasteiger partial charge in [-0.15, -0.1) is 0 Å². The van der Waals surface area contributed by atoms with Crippen LogP contribution in [0.2, 0.25) is 0 Å². The zero-order valence-corrected chi connectivity index (χ0v) is 15.8. The van der Waals surface area contributed by atoms with Gasteiger partial charge in [0.05, 0.1) is 6.61 Å². The van der Waals surface area contributed by atoms with E-state index in [2.05, 4.69) is 10.9 Å². The van der Waals surface area contributed by atoms with Crippen molar-refractivity contribution in [2.24, 2.45) is 0 Å². The first-order valence-electron chi connectivity index (χ1n) is 8.91. The van der Waals surface area contributed by atoms with Gasteiger partial charge in [-0.05, 0) is 41.5 Å². The first-order valence-corrected chi connectivity index (χ1v) is 8.91. The number of rotatable bonds is 6. The van der Waals surface area contributed by atoms with Gasteiger partial charge in [-0.1, -0.05) is 48.5 Å². The Morgan fingerprint density at radius 1 is 0.929 bits per heavy atom. The van der Waals surface area contributed by atoms with Crippen molar-refractivity contribution in [1.82, 2.24) is 10.9 Å². The van der Waals surface area contributed by atoms with Gasteiger partial charge in [-0.2, -0.15) is 0 Å². The van der Waals surface area contributed by atoms with Gasteiger partial charge >= 0.3 is 0 Å². The van der Waals surface area contributed by atoms with Crippen molar-refractivity contribution >= 4 is 22.6 Å². The molecule has 3 rings (SSSR count). The van der Waals surface area contributed by atoms with Gasteiger partial charge in [0.1, 0.15) is 5.75 Å². The van der Waals surface area contributed by atoms with Crippen molar-refractivity contribution in [3.05, 3.63) is 77.9 Å². The van der Waals surface area contributed by atoms with Gasteiger partial charge in [-0.25, -0.2) is 0 Å². The van der Waals surface area contributed by atoms with Crippen LogP contribution in [-0.2, 0) is 16.1 Å². The molecule has 6 nitrogen and oxygen atoms in total. The molecule has 0 saturated heterocycles. The van der Waals surface area contributed by atoms with Crippen LogP contribution in [0.5, 0.6) is 5.75 Å². The van der Waals surface area contributed by atoms with Crippen LogP contribution in [-0.4, -0.2) is 25.0 Å². The largest absolute Gasteiger partial charge is 0.481 e. The van der Waals surface area contributed by atoms with E-state index < -0.39 is 17.9 Å². The lowest BCUT2D eigenvalue weighted by Crippen LogP contribution is -2.47. The molecule has 1 atom stereocenters. The standard InChI is InChI=1S/C22H22N2O4/c1-15(28-19-12-11-16-7-3-4-8-17(16)13-19)21(25)23-24-22(26)20-10-6-5-9-18(20)14-27-2/h3-13,15H,14H2,1-2H3,(H,23,25)(H,24,26). The number of carbonyl (C=O) groups excluding carboxylic acids is 2. The maximum Gasteiger partial charge on any atom is 0.279 e. The van der Waals surface area contributed by atoms with E-state index in [1.54, 1.807) is 32.2 Å². The fourth-order valence-electron chi connectivity index (χ4n) is 2.81. The Kier molecular flexibility index (Phi) is 6.24. The van der Waals surface area contributed by atoms with Crippen LogP contribution in [0.1, 0.15) is 22.8 Å². The van der Waals surface area contributed by atoms with Crippen LogP contribution in [0.25, 0.3) is 10.8 Å². The molecule has 0 aliphatic carbocycles. The molecule has 28 heavy (non-hydrogen) atoms. The van der Waals surface area contributed by atoms with E-state index in [4.69, 9.17) is 9.47 Å². The molecule has 0 fully saturated rings. The summed E-state index contributed by atoms with van der Waals surface area (Å²) in [6.07, 6.45) is -0.782. The zero-order valence-electron chi connectivity index (χ0n) is 15.8. The fraction of sp³-hybridized carbons (Fsp3) is 0.182. The Morgan fingerprint density at radius 2 is 1.64 bits per heavy atom. The predicted molar refractivity (Wildman–Crippen MR) is 107 cm³/mol. The Balaban J connectivity index is 1.58. The van der Waals surface area contributed by atoms with Crippen molar-refractivity contribution in [2.45, 2.75) is 19.6 Å². The Morgan fingerprint density at radius 3 is 2.43 bits per heavy atom. The predicted octanol–water partition coefficient (Wildman–Crippen LogP) is 3.21. The van der Waals surface area contributed by atoms with Crippen molar-refractivity contribution in [3.63, 3.8) is 0 Å². The summed E-state index contributed by atoms with van der Waals surface area (Å²) in [5.41, 5.74) is 5.99. The highest BCUT2D eigenvalue weighted by Gasteiger charge is 2.17. The number of hydrazine groups is 1. The summed E-state index contributed by atoms with van der Waals surface area (Å²) in [6.45, 7) is 1.93. The molecule has 0 aliphatic rings. The SMILES string of the molecule is COCc1ccccc1C(=O)NNC(=O)C(C)Oc1ccc2ccccc2c1. The summed E-state index contributed by atoms with van der Waals surface area (Å²) in [6, 6.07) is 20.6. The quantitative estimate of drug-likeness (QED) is 0.646. The molecule has 3 aromatic rings. The average molecular weight is 378 g/mol. The number of methoxy groups -OCH3 is 1. The molecular formula is C22H22N2O4. The molecule has 0 radical (unpaired) electrons. The fourth-order valence-corrected chi connectivity index (χ4v) is 2.81. The summed E-state index contributed by atoms with van der Waals surface area (Å²) in [4.78, 5) is 24.6. The molecule has 0 spiro atoms. The average Bonchev–Trinajstić information content (AvgIpc) is 2.72. The second-order valence-electron chi connectivity index (χ2n) is 6.30. The van der Waals surface area contributed by atoms with E-state index in [9.17, 15) is 9.59 Å². The van der Waals surface area contributed by atoms with Gasteiger partial charge in [0.25, 0.3) is 11.8 Å². The van der Waals surface area contributed by atoms with Crippen molar-refractivity contribution in [1.29, 1.82) is 0 Å². The number of amides is 2. The van der Waals surface area contributed by atoms with E-state index in [0.29, 0.717) is 17.9 Å². The first-order chi connectivity index (χ1) is 13.6. The lowest BCUT2D eigenvalue weighted by molar-refractivity contribution is -0.128. The summed E-state index contributed by atoms with van der Waals surface area (Å²) in [5.74, 6) is -0.289. The summed E-state index contributed by atoms with van der Waals surface area (Å²) >= 11 is 0. The summed E-state index contributed by atoms with van der Waals surface area (Å²) in [7, 11) is 1.56. The first kappa shape index (κ1) is 19.4. The number of ether oxygens (including phenoxy) is 2. The van der Waals surface area contributed by atoms with E-state index in [1.165, 1.54) is 0 Å². The monoisotopic (exact) mass is 378 g/mol. The minimum absolute atomic E-state index is 0.305. The van der Waals surface area contributed by atoms with Crippen LogP contribution >= 0.6 is 0 Å². The molecule has 3 aromatic carbocycles. The molecule has 0 bridgehead atoms. The molecular weight excluding hydrogens is 356 g/mol. The van der Waals surface area contributed by atoms with E-state index in [1.807, 2.05) is 48.5 Å². The highest BCUT2D eigenvalue weighted by atomic mass is 16.5. The van der Waals surface area contributed by atoms with Crippen molar-refractivity contribution in [3.8, 4) is 5.75 Å². The van der Waals surface area contributed by atoms with Gasteiger partial charge in [0, 0.05) is 12.7 Å². The molecule has 144 valence electrons. The number of fused-ring (bicyclic) bond motifs is 1. The molecule has 0 heterocycles. The highest BCUT2D eigenvalue weighted by Crippen LogP contribution is 2.21. The number of carbonyl (C=O) groups is 2. The number of hydrogen-bond acceptors (Lipinski definition) is 4. The highest BCUT2D eigenvalue weighted by molar-refractivity contribution is 5.97. The Labute approximate surface area is 163 Å². The molecule has 2 amide bonds. The van der Waals surface area contributed by atoms with E-state index in [-0.39, 0.29) is 0 Å². The van der Waals surface area contributed by atoms with Crippen LogP contribution in [0, 0.1) is 0 Å². The van der Waals surface area contributed by atoms with E-state index >= 15 is 0 Å². The lowest BCUT2D eigenvalue weighted by Gasteiger charge is -2.16. The van der Waals surface area contributed by atoms with Gasteiger partial charge in [0.15, 0.2) is 6.10 Å². The maximum atomic E-state index is 12.3. The van der Waals surface area contributed by atoms with Gasteiger partial charge in [-0.3, -0.25) is 20.4 Å². The molecule has 2 N–H and O–H groups in total. The smallest absolute Gasteiger partial charge is 0.279 e. The zero-order chi connectivity index (χ0) is 19.9. The van der Waals surface area contributed by atoms with Gasteiger partial charge in [0.2, 0.25) is 0 Å².